The monoisotopic (exact) mass is 456 g/mol. The van der Waals surface area contributed by atoms with Gasteiger partial charge in [0.05, 0.1) is 18.8 Å². The third-order valence-electron chi connectivity index (χ3n) is 4.93. The highest BCUT2D eigenvalue weighted by Gasteiger charge is 2.30. The zero-order chi connectivity index (χ0) is 21.6. The van der Waals surface area contributed by atoms with E-state index >= 15 is 0 Å². The minimum Gasteiger partial charge on any atom is -0.350 e. The molecule has 0 aliphatic heterocycles. The van der Waals surface area contributed by atoms with Crippen molar-refractivity contribution in [3.63, 3.8) is 0 Å². The van der Waals surface area contributed by atoms with E-state index in [9.17, 15) is 9.59 Å². The van der Waals surface area contributed by atoms with E-state index in [0.717, 1.165) is 34.3 Å². The second-order valence-corrected chi connectivity index (χ2v) is 9.18. The van der Waals surface area contributed by atoms with Gasteiger partial charge in [0, 0.05) is 35.4 Å². The van der Waals surface area contributed by atoms with E-state index in [-0.39, 0.29) is 24.1 Å². The molecule has 1 saturated carbocycles. The highest BCUT2D eigenvalue weighted by atomic mass is 32.2. The summed E-state index contributed by atoms with van der Waals surface area (Å²) < 4.78 is 2.11. The van der Waals surface area contributed by atoms with Crippen molar-refractivity contribution in [3.05, 3.63) is 46.9 Å². The van der Waals surface area contributed by atoms with Crippen LogP contribution in [-0.4, -0.2) is 55.3 Å². The van der Waals surface area contributed by atoms with E-state index in [1.165, 1.54) is 11.8 Å². The minimum absolute atomic E-state index is 0.0531. The summed E-state index contributed by atoms with van der Waals surface area (Å²) in [6.07, 6.45) is 5.66. The maximum atomic E-state index is 12.7. The first kappa shape index (κ1) is 21.5. The van der Waals surface area contributed by atoms with Gasteiger partial charge in [-0.3, -0.25) is 19.1 Å². The molecule has 0 radical (unpaired) electrons. The Balaban J connectivity index is 1.35. The van der Waals surface area contributed by atoms with Crippen molar-refractivity contribution in [2.24, 2.45) is 0 Å². The summed E-state index contributed by atoms with van der Waals surface area (Å²) in [6, 6.07) is 8.13. The zero-order valence-corrected chi connectivity index (χ0v) is 18.9. The molecule has 3 heterocycles. The van der Waals surface area contributed by atoms with E-state index in [0.29, 0.717) is 19.1 Å². The lowest BCUT2D eigenvalue weighted by Gasteiger charge is -2.20. The Morgan fingerprint density at radius 2 is 2.16 bits per heavy atom. The maximum Gasteiger partial charge on any atom is 0.239 e. The molecule has 2 amide bonds. The third kappa shape index (κ3) is 5.50. The molecule has 1 aliphatic carbocycles. The van der Waals surface area contributed by atoms with Gasteiger partial charge in [-0.1, -0.05) is 17.8 Å². The molecule has 1 N–H and O–H groups in total. The molecule has 10 heteroatoms. The van der Waals surface area contributed by atoms with Gasteiger partial charge in [0.2, 0.25) is 11.8 Å². The van der Waals surface area contributed by atoms with Gasteiger partial charge in [-0.2, -0.15) is 0 Å². The number of thiophene rings is 1. The van der Waals surface area contributed by atoms with Gasteiger partial charge < -0.3 is 10.2 Å². The van der Waals surface area contributed by atoms with Gasteiger partial charge in [-0.05, 0) is 43.3 Å². The molecule has 0 saturated heterocycles. The lowest BCUT2D eigenvalue weighted by atomic mass is 10.3. The van der Waals surface area contributed by atoms with Crippen LogP contribution in [0.3, 0.4) is 0 Å². The van der Waals surface area contributed by atoms with Crippen LogP contribution in [0.25, 0.3) is 11.4 Å². The first-order valence-corrected chi connectivity index (χ1v) is 12.1. The normalized spacial score (nSPS) is 13.2. The van der Waals surface area contributed by atoms with Crippen LogP contribution in [0.2, 0.25) is 0 Å². The van der Waals surface area contributed by atoms with Crippen LogP contribution in [-0.2, 0) is 16.1 Å². The Kier molecular flexibility index (Phi) is 6.98. The number of rotatable bonds is 10. The SMILES string of the molecule is CCN(CC(=O)NCc1cccs1)C(=O)CSc1nnc(-c2cccnc2)n1C1CC1. The van der Waals surface area contributed by atoms with Crippen LogP contribution >= 0.6 is 23.1 Å². The number of hydrogen-bond acceptors (Lipinski definition) is 7. The summed E-state index contributed by atoms with van der Waals surface area (Å²) in [4.78, 5) is 31.8. The fourth-order valence-electron chi connectivity index (χ4n) is 3.15. The number of amides is 2. The molecular weight excluding hydrogens is 432 g/mol. The van der Waals surface area contributed by atoms with Crippen molar-refractivity contribution in [1.82, 2.24) is 30.0 Å². The molecule has 162 valence electrons. The number of pyridine rings is 1. The van der Waals surface area contributed by atoms with Gasteiger partial charge in [-0.25, -0.2) is 0 Å². The number of thioether (sulfide) groups is 1. The minimum atomic E-state index is -0.159. The van der Waals surface area contributed by atoms with Crippen LogP contribution < -0.4 is 5.32 Å². The lowest BCUT2D eigenvalue weighted by Crippen LogP contribution is -2.41. The number of carbonyl (C=O) groups is 2. The van der Waals surface area contributed by atoms with Crippen LogP contribution in [0, 0.1) is 0 Å². The van der Waals surface area contributed by atoms with Crippen molar-refractivity contribution in [2.75, 3.05) is 18.8 Å². The van der Waals surface area contributed by atoms with Gasteiger partial charge in [-0.15, -0.1) is 21.5 Å². The van der Waals surface area contributed by atoms with Gasteiger partial charge in [0.25, 0.3) is 0 Å². The molecule has 31 heavy (non-hydrogen) atoms. The Bertz CT molecular complexity index is 1020. The first-order chi connectivity index (χ1) is 15.2. The second kappa shape index (κ2) is 10.1. The molecule has 3 aromatic rings. The predicted molar refractivity (Wildman–Crippen MR) is 121 cm³/mol. The first-order valence-electron chi connectivity index (χ1n) is 10.2. The summed E-state index contributed by atoms with van der Waals surface area (Å²) in [6.45, 7) is 2.89. The topological polar surface area (TPSA) is 93.0 Å². The molecule has 1 aliphatic rings. The van der Waals surface area contributed by atoms with Crippen LogP contribution in [0.1, 0.15) is 30.7 Å². The second-order valence-electron chi connectivity index (χ2n) is 7.20. The summed E-state index contributed by atoms with van der Waals surface area (Å²) in [5.41, 5.74) is 0.915. The van der Waals surface area contributed by atoms with E-state index in [1.807, 2.05) is 36.6 Å². The summed E-state index contributed by atoms with van der Waals surface area (Å²) in [5, 5.41) is 14.3. The van der Waals surface area contributed by atoms with Crippen LogP contribution in [0.4, 0.5) is 0 Å². The molecule has 0 unspecified atom stereocenters. The molecule has 0 atom stereocenters. The Morgan fingerprint density at radius 3 is 2.84 bits per heavy atom. The highest BCUT2D eigenvalue weighted by molar-refractivity contribution is 7.99. The summed E-state index contributed by atoms with van der Waals surface area (Å²) >= 11 is 2.96. The predicted octanol–water partition coefficient (Wildman–Crippen LogP) is 2.99. The number of carbonyl (C=O) groups excluding carboxylic acids is 2. The van der Waals surface area contributed by atoms with E-state index < -0.39 is 0 Å². The van der Waals surface area contributed by atoms with E-state index in [2.05, 4.69) is 25.1 Å². The number of aromatic nitrogens is 4. The van der Waals surface area contributed by atoms with Crippen molar-refractivity contribution < 1.29 is 9.59 Å². The Morgan fingerprint density at radius 1 is 1.29 bits per heavy atom. The number of nitrogens with one attached hydrogen (secondary N) is 1. The van der Waals surface area contributed by atoms with Crippen LogP contribution in [0.15, 0.2) is 47.2 Å². The van der Waals surface area contributed by atoms with Crippen molar-refractivity contribution in [1.29, 1.82) is 0 Å². The van der Waals surface area contributed by atoms with E-state index in [4.69, 9.17) is 0 Å². The number of nitrogens with zero attached hydrogens (tertiary/aromatic N) is 5. The van der Waals surface area contributed by atoms with Gasteiger partial charge in [0.1, 0.15) is 0 Å². The quantitative estimate of drug-likeness (QED) is 0.472. The molecule has 0 aromatic carbocycles. The molecular formula is C21H24N6O2S2. The smallest absolute Gasteiger partial charge is 0.239 e. The average Bonchev–Trinajstić information content (AvgIpc) is 3.32. The third-order valence-corrected chi connectivity index (χ3v) is 6.73. The standard InChI is InChI=1S/C21H24N6O2S2/c1-2-26(13-18(28)23-12-17-6-4-10-30-17)19(29)14-31-21-25-24-20(27(21)16-7-8-16)15-5-3-9-22-11-15/h3-6,9-11,16H,2,7-8,12-14H2,1H3,(H,23,28). The molecule has 1 fully saturated rings. The molecule has 3 aromatic heterocycles. The van der Waals surface area contributed by atoms with Crippen molar-refractivity contribution >= 4 is 34.9 Å². The number of hydrogen-bond donors (Lipinski definition) is 1. The fraction of sp³-hybridized carbons (Fsp3) is 0.381. The maximum absolute atomic E-state index is 12.7. The fourth-order valence-corrected chi connectivity index (χ4v) is 4.70. The van der Waals surface area contributed by atoms with Gasteiger partial charge >= 0.3 is 0 Å². The van der Waals surface area contributed by atoms with Crippen molar-refractivity contribution in [3.8, 4) is 11.4 Å². The molecule has 0 bridgehead atoms. The van der Waals surface area contributed by atoms with Gasteiger partial charge in [0.15, 0.2) is 11.0 Å². The molecule has 8 nitrogen and oxygen atoms in total. The molecule has 0 spiro atoms. The van der Waals surface area contributed by atoms with E-state index in [1.54, 1.807) is 28.6 Å². The summed E-state index contributed by atoms with van der Waals surface area (Å²) in [7, 11) is 0. The lowest BCUT2D eigenvalue weighted by molar-refractivity contribution is -0.133. The Labute approximate surface area is 189 Å². The number of likely N-dealkylation sites (N-methyl/N-ethyl adjacent to an activating group) is 1. The summed E-state index contributed by atoms with van der Waals surface area (Å²) in [5.74, 6) is 0.746. The Hall–Kier alpha value is -2.72. The molecule has 4 rings (SSSR count). The zero-order valence-electron chi connectivity index (χ0n) is 17.2. The largest absolute Gasteiger partial charge is 0.350 e. The highest BCUT2D eigenvalue weighted by Crippen LogP contribution is 2.40. The average molecular weight is 457 g/mol. The van der Waals surface area contributed by atoms with Crippen LogP contribution in [0.5, 0.6) is 0 Å². The van der Waals surface area contributed by atoms with Crippen molar-refractivity contribution in [2.45, 2.75) is 37.5 Å².